The molecule has 4 aromatic heterocycles. The largest absolute Gasteiger partial charge is 0.306 e. The fourth-order valence-corrected chi connectivity index (χ4v) is 7.17. The van der Waals surface area contributed by atoms with E-state index in [1.165, 1.54) is 32.6 Å². The molecule has 10 aromatic rings. The topological polar surface area (TPSA) is 48.0 Å². The van der Waals surface area contributed by atoms with Gasteiger partial charge in [-0.1, -0.05) is 103 Å². The molecule has 0 unspecified atom stereocenters. The quantitative estimate of drug-likeness (QED) is 0.207. The van der Waals surface area contributed by atoms with E-state index in [4.69, 9.17) is 9.97 Å². The van der Waals surface area contributed by atoms with Crippen molar-refractivity contribution in [3.05, 3.63) is 152 Å². The van der Waals surface area contributed by atoms with E-state index in [1.807, 2.05) is 48.8 Å². The first-order chi connectivity index (χ1) is 22.8. The van der Waals surface area contributed by atoms with Gasteiger partial charge in [0.05, 0.1) is 56.2 Å². The first-order valence-corrected chi connectivity index (χ1v) is 15.5. The molecule has 0 N–H and O–H groups in total. The Morgan fingerprint density at radius 3 is 2.00 bits per heavy atom. The van der Waals surface area contributed by atoms with Gasteiger partial charge in [0.25, 0.3) is 0 Å². The maximum absolute atomic E-state index is 5.30. The van der Waals surface area contributed by atoms with Crippen LogP contribution >= 0.6 is 0 Å². The van der Waals surface area contributed by atoms with Crippen molar-refractivity contribution in [3.63, 3.8) is 0 Å². The van der Waals surface area contributed by atoms with Crippen LogP contribution in [0.1, 0.15) is 0 Å². The Bertz CT molecular complexity index is 2780. The average molecular weight is 588 g/mol. The highest BCUT2D eigenvalue weighted by Gasteiger charge is 2.19. The molecule has 5 heteroatoms. The molecule has 0 aliphatic heterocycles. The summed E-state index contributed by atoms with van der Waals surface area (Å²) in [5.41, 5.74) is 12.1. The molecule has 0 radical (unpaired) electrons. The van der Waals surface area contributed by atoms with Gasteiger partial charge in [-0.2, -0.15) is 0 Å². The van der Waals surface area contributed by atoms with Gasteiger partial charge in [0, 0.05) is 39.2 Å². The van der Waals surface area contributed by atoms with E-state index in [1.54, 1.807) is 0 Å². The van der Waals surface area contributed by atoms with Crippen molar-refractivity contribution < 1.29 is 0 Å². The zero-order valence-electron chi connectivity index (χ0n) is 24.7. The van der Waals surface area contributed by atoms with Crippen molar-refractivity contribution in [3.8, 4) is 28.2 Å². The third-order valence-corrected chi connectivity index (χ3v) is 9.16. The van der Waals surface area contributed by atoms with Crippen LogP contribution in [0.2, 0.25) is 0 Å². The smallest absolute Gasteiger partial charge is 0.0973 e. The van der Waals surface area contributed by atoms with E-state index >= 15 is 0 Å². The molecule has 0 fully saturated rings. The molecule has 214 valence electrons. The van der Waals surface area contributed by atoms with E-state index in [2.05, 4.69) is 117 Å². The monoisotopic (exact) mass is 587 g/mol. The van der Waals surface area contributed by atoms with Crippen molar-refractivity contribution in [2.75, 3.05) is 0 Å². The van der Waals surface area contributed by atoms with Gasteiger partial charge in [-0.05, 0) is 41.8 Å². The average Bonchev–Trinajstić information content (AvgIpc) is 3.40. The fourth-order valence-electron chi connectivity index (χ4n) is 7.17. The Hall–Kier alpha value is -6.33. The Balaban J connectivity index is 1.34. The van der Waals surface area contributed by atoms with Gasteiger partial charge in [-0.25, -0.2) is 9.97 Å². The predicted octanol–water partition coefficient (Wildman–Crippen LogP) is 10.0. The molecule has 6 aromatic carbocycles. The molecule has 0 aliphatic carbocycles. The van der Waals surface area contributed by atoms with E-state index in [0.29, 0.717) is 0 Å². The minimum atomic E-state index is 0.834. The van der Waals surface area contributed by atoms with E-state index in [-0.39, 0.29) is 0 Å². The van der Waals surface area contributed by atoms with E-state index < -0.39 is 0 Å². The van der Waals surface area contributed by atoms with Gasteiger partial charge in [0.15, 0.2) is 0 Å². The van der Waals surface area contributed by atoms with E-state index in [9.17, 15) is 0 Å². The minimum absolute atomic E-state index is 0.834. The number of benzene rings is 6. The second-order valence-electron chi connectivity index (χ2n) is 11.7. The normalized spacial score (nSPS) is 11.9. The lowest BCUT2D eigenvalue weighted by atomic mass is 10.0. The maximum Gasteiger partial charge on any atom is 0.0973 e. The van der Waals surface area contributed by atoms with Crippen LogP contribution in [-0.4, -0.2) is 23.9 Å². The Morgan fingerprint density at radius 2 is 1.20 bits per heavy atom. The minimum Gasteiger partial charge on any atom is -0.306 e. The summed E-state index contributed by atoms with van der Waals surface area (Å²) in [5, 5.41) is 4.89. The van der Waals surface area contributed by atoms with Gasteiger partial charge in [0.1, 0.15) is 0 Å². The van der Waals surface area contributed by atoms with Gasteiger partial charge in [0.2, 0.25) is 0 Å². The first kappa shape index (κ1) is 25.0. The summed E-state index contributed by atoms with van der Waals surface area (Å²) < 4.78 is 4.74. The number of hydrogen-bond donors (Lipinski definition) is 0. The lowest BCUT2D eigenvalue weighted by Gasteiger charge is -2.14. The molecule has 0 spiro atoms. The fraction of sp³-hybridized carbons (Fsp3) is 0. The van der Waals surface area contributed by atoms with Crippen LogP contribution < -0.4 is 0 Å². The molecule has 0 saturated carbocycles. The van der Waals surface area contributed by atoms with Crippen LogP contribution in [0.15, 0.2) is 152 Å². The number of nitrogens with zero attached hydrogens (tertiary/aromatic N) is 5. The van der Waals surface area contributed by atoms with Crippen molar-refractivity contribution in [2.45, 2.75) is 0 Å². The maximum atomic E-state index is 5.30. The first-order valence-electron chi connectivity index (χ1n) is 15.5. The second-order valence-corrected chi connectivity index (χ2v) is 11.7. The number of aromatic nitrogens is 5. The van der Waals surface area contributed by atoms with Crippen molar-refractivity contribution in [1.29, 1.82) is 0 Å². The summed E-state index contributed by atoms with van der Waals surface area (Å²) in [6.07, 6.45) is 3.86. The van der Waals surface area contributed by atoms with Crippen molar-refractivity contribution >= 4 is 60.2 Å². The Morgan fingerprint density at radius 1 is 0.478 bits per heavy atom. The molecular weight excluding hydrogens is 562 g/mol. The summed E-state index contributed by atoms with van der Waals surface area (Å²) in [6, 6.07) is 48.9. The van der Waals surface area contributed by atoms with Crippen LogP contribution in [-0.2, 0) is 0 Å². The highest BCUT2D eigenvalue weighted by atomic mass is 15.0. The van der Waals surface area contributed by atoms with Gasteiger partial charge in [-0.15, -0.1) is 0 Å². The van der Waals surface area contributed by atoms with Crippen LogP contribution in [0.3, 0.4) is 0 Å². The molecule has 10 rings (SSSR count). The molecule has 5 nitrogen and oxygen atoms in total. The molecule has 0 bridgehead atoms. The van der Waals surface area contributed by atoms with Crippen molar-refractivity contribution in [2.24, 2.45) is 0 Å². The SMILES string of the molecule is c1ccc(-c2nc3ccc(-n4c5cccc6ccc7c8ccccc8n(c8ccncc84)c7c65)cc3nc2-c2ccccc2)cc1. The molecular formula is C41H25N5. The molecule has 0 aliphatic rings. The number of fused-ring (bicyclic) bond motifs is 6. The number of pyridine rings is 1. The summed E-state index contributed by atoms with van der Waals surface area (Å²) in [4.78, 5) is 15.2. The highest BCUT2D eigenvalue weighted by molar-refractivity contribution is 6.23. The van der Waals surface area contributed by atoms with Crippen LogP contribution in [0, 0.1) is 0 Å². The zero-order valence-corrected chi connectivity index (χ0v) is 24.7. The zero-order chi connectivity index (χ0) is 30.2. The molecule has 0 amide bonds. The molecule has 0 atom stereocenters. The number of rotatable bonds is 3. The lowest BCUT2D eigenvalue weighted by Crippen LogP contribution is -2.00. The summed E-state index contributed by atoms with van der Waals surface area (Å²) in [6.45, 7) is 0. The predicted molar refractivity (Wildman–Crippen MR) is 189 cm³/mol. The second kappa shape index (κ2) is 9.58. The van der Waals surface area contributed by atoms with Gasteiger partial charge in [-0.3, -0.25) is 4.98 Å². The standard InChI is InChI=1S/C41H25N5/c1-3-10-27(11-4-1)39-40(28-12-5-2-6-13-28)44-33-24-29(19-21-32(33)43-39)45-36-17-9-14-26-18-20-31-30-15-7-8-16-34(30)46(41(31)38(26)36)35-22-23-42-25-37(35)45/h1-25H. The Kier molecular flexibility index (Phi) is 5.22. The van der Waals surface area contributed by atoms with Crippen LogP contribution in [0.5, 0.6) is 0 Å². The number of hydrogen-bond acceptors (Lipinski definition) is 3. The third kappa shape index (κ3) is 3.54. The summed E-state index contributed by atoms with van der Waals surface area (Å²) in [7, 11) is 0. The molecule has 4 heterocycles. The Labute approximate surface area is 263 Å². The van der Waals surface area contributed by atoms with Gasteiger partial charge >= 0.3 is 0 Å². The summed E-state index contributed by atoms with van der Waals surface area (Å²) >= 11 is 0. The van der Waals surface area contributed by atoms with Crippen molar-refractivity contribution in [1.82, 2.24) is 23.9 Å². The van der Waals surface area contributed by atoms with Crippen LogP contribution in [0.25, 0.3) is 88.4 Å². The third-order valence-electron chi connectivity index (χ3n) is 9.16. The van der Waals surface area contributed by atoms with Crippen LogP contribution in [0.4, 0.5) is 0 Å². The van der Waals surface area contributed by atoms with Gasteiger partial charge < -0.3 is 8.97 Å². The highest BCUT2D eigenvalue weighted by Crippen LogP contribution is 2.40. The summed E-state index contributed by atoms with van der Waals surface area (Å²) in [5.74, 6) is 0. The molecule has 46 heavy (non-hydrogen) atoms. The van der Waals surface area contributed by atoms with E-state index in [0.717, 1.165) is 55.8 Å². The lowest BCUT2D eigenvalue weighted by molar-refractivity contribution is 1.15. The number of para-hydroxylation sites is 1. The molecule has 0 saturated heterocycles.